The van der Waals surface area contributed by atoms with Gasteiger partial charge in [-0.25, -0.2) is 0 Å². The largest absolute Gasteiger partial charge is 0.466 e. The van der Waals surface area contributed by atoms with Gasteiger partial charge in [0.2, 0.25) is 0 Å². The van der Waals surface area contributed by atoms with Gasteiger partial charge in [-0.2, -0.15) is 0 Å². The van der Waals surface area contributed by atoms with Crippen molar-refractivity contribution >= 4 is 0 Å². The first-order valence-corrected chi connectivity index (χ1v) is 7.03. The summed E-state index contributed by atoms with van der Waals surface area (Å²) in [5.41, 5.74) is 1.66. The SMILES string of the molecule is Cc1ccccc1CC(C)NCC(C)(O)c1ccco1. The van der Waals surface area contributed by atoms with Gasteiger partial charge in [0.15, 0.2) is 0 Å². The molecule has 0 amide bonds. The van der Waals surface area contributed by atoms with Crippen molar-refractivity contribution in [1.82, 2.24) is 5.32 Å². The van der Waals surface area contributed by atoms with Crippen LogP contribution < -0.4 is 5.32 Å². The fraction of sp³-hybridized carbons (Fsp3) is 0.412. The van der Waals surface area contributed by atoms with E-state index in [0.29, 0.717) is 12.3 Å². The fourth-order valence-corrected chi connectivity index (χ4v) is 2.29. The number of benzene rings is 1. The molecule has 0 saturated heterocycles. The lowest BCUT2D eigenvalue weighted by Crippen LogP contribution is -2.40. The van der Waals surface area contributed by atoms with Crippen LogP contribution in [0.3, 0.4) is 0 Å². The first-order chi connectivity index (χ1) is 9.49. The summed E-state index contributed by atoms with van der Waals surface area (Å²) in [5.74, 6) is 0.591. The van der Waals surface area contributed by atoms with Gasteiger partial charge >= 0.3 is 0 Å². The second-order valence-corrected chi connectivity index (χ2v) is 5.66. The summed E-state index contributed by atoms with van der Waals surface area (Å²) in [6.07, 6.45) is 2.53. The summed E-state index contributed by atoms with van der Waals surface area (Å²) in [5, 5.41) is 13.8. The van der Waals surface area contributed by atoms with Gasteiger partial charge in [-0.1, -0.05) is 24.3 Å². The van der Waals surface area contributed by atoms with Crippen LogP contribution in [0.4, 0.5) is 0 Å². The molecule has 2 aromatic rings. The molecule has 1 aromatic heterocycles. The Morgan fingerprint density at radius 3 is 2.65 bits per heavy atom. The molecule has 108 valence electrons. The number of furan rings is 1. The third-order valence-corrected chi connectivity index (χ3v) is 3.63. The lowest BCUT2D eigenvalue weighted by Gasteiger charge is -2.24. The van der Waals surface area contributed by atoms with Crippen molar-refractivity contribution in [2.24, 2.45) is 0 Å². The molecule has 0 aliphatic carbocycles. The van der Waals surface area contributed by atoms with Crippen LogP contribution in [-0.2, 0) is 12.0 Å². The van der Waals surface area contributed by atoms with E-state index < -0.39 is 5.60 Å². The standard InChI is InChI=1S/C17H23NO2/c1-13-7-4-5-8-15(13)11-14(2)18-12-17(3,19)16-9-6-10-20-16/h4-10,14,18-19H,11-12H2,1-3H3. The summed E-state index contributed by atoms with van der Waals surface area (Å²) in [7, 11) is 0. The third kappa shape index (κ3) is 3.71. The molecule has 2 unspecified atom stereocenters. The van der Waals surface area contributed by atoms with Gasteiger partial charge in [-0.3, -0.25) is 0 Å². The number of hydrogen-bond acceptors (Lipinski definition) is 3. The highest BCUT2D eigenvalue weighted by Crippen LogP contribution is 2.20. The van der Waals surface area contributed by atoms with Gasteiger partial charge in [0.1, 0.15) is 11.4 Å². The Kier molecular flexibility index (Phi) is 4.63. The van der Waals surface area contributed by atoms with E-state index in [4.69, 9.17) is 4.42 Å². The molecule has 2 N–H and O–H groups in total. The van der Waals surface area contributed by atoms with Gasteiger partial charge in [0.25, 0.3) is 0 Å². The number of aliphatic hydroxyl groups is 1. The van der Waals surface area contributed by atoms with Crippen molar-refractivity contribution in [3.05, 3.63) is 59.5 Å². The van der Waals surface area contributed by atoms with Gasteiger partial charge in [-0.05, 0) is 50.5 Å². The van der Waals surface area contributed by atoms with E-state index in [9.17, 15) is 5.11 Å². The first kappa shape index (κ1) is 14.8. The first-order valence-electron chi connectivity index (χ1n) is 7.03. The van der Waals surface area contributed by atoms with E-state index in [2.05, 4.69) is 43.4 Å². The van der Waals surface area contributed by atoms with Crippen molar-refractivity contribution in [2.45, 2.75) is 38.8 Å². The van der Waals surface area contributed by atoms with Crippen LogP contribution in [0.1, 0.15) is 30.7 Å². The Bertz CT molecular complexity index is 532. The molecule has 3 nitrogen and oxygen atoms in total. The Hall–Kier alpha value is -1.58. The molecular weight excluding hydrogens is 250 g/mol. The molecule has 0 spiro atoms. The van der Waals surface area contributed by atoms with Crippen LogP contribution in [0.5, 0.6) is 0 Å². The topological polar surface area (TPSA) is 45.4 Å². The van der Waals surface area contributed by atoms with E-state index in [0.717, 1.165) is 6.42 Å². The maximum Gasteiger partial charge on any atom is 0.136 e. The van der Waals surface area contributed by atoms with Crippen LogP contribution in [-0.4, -0.2) is 17.7 Å². The Morgan fingerprint density at radius 2 is 2.00 bits per heavy atom. The predicted octanol–water partition coefficient (Wildman–Crippen LogP) is 3.02. The number of hydrogen-bond donors (Lipinski definition) is 2. The van der Waals surface area contributed by atoms with E-state index >= 15 is 0 Å². The molecule has 2 atom stereocenters. The molecule has 0 saturated carbocycles. The maximum atomic E-state index is 10.4. The molecule has 2 rings (SSSR count). The van der Waals surface area contributed by atoms with Crippen LogP contribution in [0.2, 0.25) is 0 Å². The zero-order valence-electron chi connectivity index (χ0n) is 12.4. The van der Waals surface area contributed by atoms with E-state index in [1.165, 1.54) is 11.1 Å². The Morgan fingerprint density at radius 1 is 1.25 bits per heavy atom. The number of nitrogens with one attached hydrogen (secondary N) is 1. The van der Waals surface area contributed by atoms with Crippen molar-refractivity contribution < 1.29 is 9.52 Å². The second kappa shape index (κ2) is 6.25. The van der Waals surface area contributed by atoms with Crippen LogP contribution in [0, 0.1) is 6.92 Å². The van der Waals surface area contributed by atoms with Crippen molar-refractivity contribution in [1.29, 1.82) is 0 Å². The summed E-state index contributed by atoms with van der Waals surface area (Å²) in [4.78, 5) is 0. The minimum absolute atomic E-state index is 0.289. The highest BCUT2D eigenvalue weighted by atomic mass is 16.4. The fourth-order valence-electron chi connectivity index (χ4n) is 2.29. The number of rotatable bonds is 6. The molecule has 0 aliphatic heterocycles. The summed E-state index contributed by atoms with van der Waals surface area (Å²) in [6.45, 7) is 6.48. The Labute approximate surface area is 120 Å². The molecule has 1 heterocycles. The highest BCUT2D eigenvalue weighted by molar-refractivity contribution is 5.26. The molecular formula is C17H23NO2. The average molecular weight is 273 g/mol. The Balaban J connectivity index is 1.89. The van der Waals surface area contributed by atoms with Crippen molar-refractivity contribution in [3.63, 3.8) is 0 Å². The summed E-state index contributed by atoms with van der Waals surface area (Å²) < 4.78 is 5.28. The van der Waals surface area contributed by atoms with Gasteiger partial charge in [0, 0.05) is 12.6 Å². The lowest BCUT2D eigenvalue weighted by atomic mass is 10.00. The second-order valence-electron chi connectivity index (χ2n) is 5.66. The zero-order chi connectivity index (χ0) is 14.6. The molecule has 0 radical (unpaired) electrons. The van der Waals surface area contributed by atoms with Gasteiger partial charge in [0.05, 0.1) is 6.26 Å². The zero-order valence-corrected chi connectivity index (χ0v) is 12.4. The monoisotopic (exact) mass is 273 g/mol. The van der Waals surface area contributed by atoms with Gasteiger partial charge < -0.3 is 14.8 Å². The van der Waals surface area contributed by atoms with Crippen molar-refractivity contribution in [2.75, 3.05) is 6.54 Å². The molecule has 3 heteroatoms. The van der Waals surface area contributed by atoms with E-state index in [-0.39, 0.29) is 6.04 Å². The molecule has 1 aromatic carbocycles. The normalized spacial score (nSPS) is 15.8. The predicted molar refractivity (Wildman–Crippen MR) is 80.6 cm³/mol. The smallest absolute Gasteiger partial charge is 0.136 e. The summed E-state index contributed by atoms with van der Waals surface area (Å²) in [6, 6.07) is 12.3. The van der Waals surface area contributed by atoms with E-state index in [1.54, 1.807) is 25.3 Å². The molecule has 0 bridgehead atoms. The summed E-state index contributed by atoms with van der Waals surface area (Å²) >= 11 is 0. The van der Waals surface area contributed by atoms with Gasteiger partial charge in [-0.15, -0.1) is 0 Å². The minimum Gasteiger partial charge on any atom is -0.466 e. The molecule has 20 heavy (non-hydrogen) atoms. The molecule has 0 aliphatic rings. The third-order valence-electron chi connectivity index (χ3n) is 3.63. The van der Waals surface area contributed by atoms with Crippen LogP contribution >= 0.6 is 0 Å². The van der Waals surface area contributed by atoms with Crippen LogP contribution in [0.15, 0.2) is 47.1 Å². The quantitative estimate of drug-likeness (QED) is 0.850. The minimum atomic E-state index is -0.983. The maximum absolute atomic E-state index is 10.4. The van der Waals surface area contributed by atoms with Crippen molar-refractivity contribution in [3.8, 4) is 0 Å². The molecule has 0 fully saturated rings. The average Bonchev–Trinajstić information content (AvgIpc) is 2.94. The van der Waals surface area contributed by atoms with Crippen LogP contribution in [0.25, 0.3) is 0 Å². The highest BCUT2D eigenvalue weighted by Gasteiger charge is 2.26. The lowest BCUT2D eigenvalue weighted by molar-refractivity contribution is 0.0321. The number of aryl methyl sites for hydroxylation is 1. The van der Waals surface area contributed by atoms with E-state index in [1.807, 2.05) is 0 Å².